The lowest BCUT2D eigenvalue weighted by Gasteiger charge is -2.11. The molecule has 25 heavy (non-hydrogen) atoms. The molecule has 3 aromatic heterocycles. The van der Waals surface area contributed by atoms with E-state index in [1.54, 1.807) is 10.7 Å². The molecule has 0 bridgehead atoms. The summed E-state index contributed by atoms with van der Waals surface area (Å²) < 4.78 is 12.7. The van der Waals surface area contributed by atoms with Crippen LogP contribution in [0.4, 0.5) is 5.82 Å². The van der Waals surface area contributed by atoms with Crippen molar-refractivity contribution in [1.29, 1.82) is 0 Å². The molecule has 4 heterocycles. The fourth-order valence-corrected chi connectivity index (χ4v) is 2.93. The third kappa shape index (κ3) is 3.34. The van der Waals surface area contributed by atoms with Gasteiger partial charge < -0.3 is 14.6 Å². The number of nitrogens with one attached hydrogen (secondary N) is 1. The number of rotatable bonds is 6. The van der Waals surface area contributed by atoms with Gasteiger partial charge >= 0.3 is 0 Å². The van der Waals surface area contributed by atoms with E-state index in [4.69, 9.17) is 9.26 Å². The predicted octanol–water partition coefficient (Wildman–Crippen LogP) is 2.74. The minimum Gasteiger partial charge on any atom is -0.369 e. The average Bonchev–Trinajstić information content (AvgIpc) is 3.35. The molecule has 0 spiro atoms. The monoisotopic (exact) mass is 342 g/mol. The molecule has 0 radical (unpaired) electrons. The molecule has 1 fully saturated rings. The Kier molecular flexibility index (Phi) is 4.35. The number of hydrogen-bond acceptors (Lipinski definition) is 7. The maximum Gasteiger partial charge on any atom is 0.255 e. The second kappa shape index (κ2) is 6.79. The Labute approximate surface area is 145 Å². The van der Waals surface area contributed by atoms with Crippen LogP contribution in [-0.2, 0) is 11.2 Å². The number of nitrogens with zero attached hydrogens (tertiary/aromatic N) is 5. The van der Waals surface area contributed by atoms with Crippen LogP contribution in [0.15, 0.2) is 22.9 Å². The highest BCUT2D eigenvalue weighted by molar-refractivity contribution is 5.49. The first-order valence-electron chi connectivity index (χ1n) is 8.73. The summed E-state index contributed by atoms with van der Waals surface area (Å²) in [4.78, 5) is 9.06. The Hall–Kier alpha value is -2.48. The molecule has 0 aromatic carbocycles. The van der Waals surface area contributed by atoms with Gasteiger partial charge in [-0.1, -0.05) is 19.0 Å². The molecule has 8 nitrogen and oxygen atoms in total. The van der Waals surface area contributed by atoms with Crippen molar-refractivity contribution in [2.75, 3.05) is 18.5 Å². The fourth-order valence-electron chi connectivity index (χ4n) is 2.93. The Morgan fingerprint density at radius 2 is 2.28 bits per heavy atom. The van der Waals surface area contributed by atoms with Gasteiger partial charge in [0.2, 0.25) is 0 Å². The van der Waals surface area contributed by atoms with Gasteiger partial charge in [0.25, 0.3) is 5.89 Å². The first-order chi connectivity index (χ1) is 12.2. The molecular formula is C17H22N6O2. The van der Waals surface area contributed by atoms with E-state index >= 15 is 0 Å². The van der Waals surface area contributed by atoms with Crippen molar-refractivity contribution in [2.24, 2.45) is 0 Å². The lowest BCUT2D eigenvalue weighted by atomic mass is 10.1. The Morgan fingerprint density at radius 3 is 3.08 bits per heavy atom. The van der Waals surface area contributed by atoms with Crippen LogP contribution in [0.3, 0.4) is 0 Å². The normalized spacial score (nSPS) is 17.6. The van der Waals surface area contributed by atoms with Crippen LogP contribution < -0.4 is 5.32 Å². The van der Waals surface area contributed by atoms with Crippen LogP contribution in [0, 0.1) is 0 Å². The number of ether oxygens (including phenoxy) is 1. The highest BCUT2D eigenvalue weighted by atomic mass is 16.5. The average molecular weight is 342 g/mol. The van der Waals surface area contributed by atoms with Crippen molar-refractivity contribution in [3.63, 3.8) is 0 Å². The number of fused-ring (bicyclic) bond motifs is 1. The Bertz CT molecular complexity index is 850. The van der Waals surface area contributed by atoms with E-state index in [0.717, 1.165) is 36.6 Å². The van der Waals surface area contributed by atoms with Crippen molar-refractivity contribution in [3.05, 3.63) is 35.7 Å². The summed E-state index contributed by atoms with van der Waals surface area (Å²) in [6.45, 7) is 5.71. The van der Waals surface area contributed by atoms with Crippen molar-refractivity contribution in [2.45, 2.75) is 45.1 Å². The van der Waals surface area contributed by atoms with Crippen LogP contribution >= 0.6 is 0 Å². The van der Waals surface area contributed by atoms with Crippen LogP contribution in [0.25, 0.3) is 5.65 Å². The van der Waals surface area contributed by atoms with Gasteiger partial charge in [-0.25, -0.2) is 4.98 Å². The topological polar surface area (TPSA) is 90.4 Å². The highest BCUT2D eigenvalue weighted by Crippen LogP contribution is 2.27. The summed E-state index contributed by atoms with van der Waals surface area (Å²) in [5.74, 6) is 2.55. The van der Waals surface area contributed by atoms with Gasteiger partial charge in [0, 0.05) is 37.4 Å². The molecule has 1 aliphatic rings. The predicted molar refractivity (Wildman–Crippen MR) is 91.5 cm³/mol. The Morgan fingerprint density at radius 1 is 1.36 bits per heavy atom. The van der Waals surface area contributed by atoms with Gasteiger partial charge in [0.05, 0.1) is 6.20 Å². The van der Waals surface area contributed by atoms with Gasteiger partial charge in [-0.05, 0) is 18.8 Å². The standard InChI is InChI=1S/C17H22N6O2/c1-11(2)12-10-16(23-15(20-12)6-8-19-23)18-7-5-14-21-17(25-22-14)13-4-3-9-24-13/h6,8,10-11,13,18H,3-5,7,9H2,1-2H3/t13-/m0/s1. The van der Waals surface area contributed by atoms with Crippen molar-refractivity contribution >= 4 is 11.5 Å². The zero-order valence-corrected chi connectivity index (χ0v) is 14.5. The zero-order valence-electron chi connectivity index (χ0n) is 14.5. The first-order valence-corrected chi connectivity index (χ1v) is 8.73. The summed E-state index contributed by atoms with van der Waals surface area (Å²) in [6, 6.07) is 3.95. The Balaban J connectivity index is 1.43. The molecule has 1 atom stereocenters. The minimum atomic E-state index is -0.0355. The fraction of sp³-hybridized carbons (Fsp3) is 0.529. The first kappa shape index (κ1) is 16.0. The van der Waals surface area contributed by atoms with Gasteiger partial charge in [-0.3, -0.25) is 0 Å². The van der Waals surface area contributed by atoms with Gasteiger partial charge in [0.15, 0.2) is 11.5 Å². The summed E-state index contributed by atoms with van der Waals surface area (Å²) in [5.41, 5.74) is 1.88. The molecule has 132 valence electrons. The van der Waals surface area contributed by atoms with Crippen LogP contribution in [-0.4, -0.2) is 37.9 Å². The van der Waals surface area contributed by atoms with E-state index in [1.165, 1.54) is 0 Å². The van der Waals surface area contributed by atoms with E-state index < -0.39 is 0 Å². The van der Waals surface area contributed by atoms with E-state index in [-0.39, 0.29) is 6.10 Å². The molecule has 8 heteroatoms. The molecule has 0 amide bonds. The van der Waals surface area contributed by atoms with Crippen molar-refractivity contribution < 1.29 is 9.26 Å². The summed E-state index contributed by atoms with van der Waals surface area (Å²) in [5, 5.41) is 11.8. The number of hydrogen-bond donors (Lipinski definition) is 1. The third-order valence-electron chi connectivity index (χ3n) is 4.31. The van der Waals surface area contributed by atoms with Crippen molar-refractivity contribution in [3.8, 4) is 0 Å². The molecule has 0 saturated carbocycles. The second-order valence-corrected chi connectivity index (χ2v) is 6.55. The maximum absolute atomic E-state index is 5.57. The molecule has 0 aliphatic carbocycles. The lowest BCUT2D eigenvalue weighted by Crippen LogP contribution is -2.11. The SMILES string of the molecule is CC(C)c1cc(NCCc2noc([C@@H]3CCCO3)n2)n2nccc2n1. The van der Waals surface area contributed by atoms with Crippen LogP contribution in [0.2, 0.25) is 0 Å². The quantitative estimate of drug-likeness (QED) is 0.736. The molecule has 1 aliphatic heterocycles. The van der Waals surface area contributed by atoms with Crippen molar-refractivity contribution in [1.82, 2.24) is 24.7 Å². The molecule has 1 saturated heterocycles. The molecular weight excluding hydrogens is 320 g/mol. The molecule has 0 unspecified atom stereocenters. The lowest BCUT2D eigenvalue weighted by molar-refractivity contribution is 0.0835. The zero-order chi connectivity index (χ0) is 17.2. The minimum absolute atomic E-state index is 0.0355. The summed E-state index contributed by atoms with van der Waals surface area (Å²) in [7, 11) is 0. The van der Waals surface area contributed by atoms with E-state index in [9.17, 15) is 0 Å². The summed E-state index contributed by atoms with van der Waals surface area (Å²) >= 11 is 0. The number of anilines is 1. The van der Waals surface area contributed by atoms with Gasteiger partial charge in [0.1, 0.15) is 11.9 Å². The molecule has 1 N–H and O–H groups in total. The van der Waals surface area contributed by atoms with E-state index in [1.807, 2.05) is 12.1 Å². The largest absolute Gasteiger partial charge is 0.369 e. The number of aromatic nitrogens is 5. The highest BCUT2D eigenvalue weighted by Gasteiger charge is 2.23. The second-order valence-electron chi connectivity index (χ2n) is 6.55. The van der Waals surface area contributed by atoms with Gasteiger partial charge in [-0.2, -0.15) is 14.6 Å². The van der Waals surface area contributed by atoms with Gasteiger partial charge in [-0.15, -0.1) is 0 Å². The maximum atomic E-state index is 5.57. The smallest absolute Gasteiger partial charge is 0.255 e. The summed E-state index contributed by atoms with van der Waals surface area (Å²) in [6.07, 6.45) is 4.38. The van der Waals surface area contributed by atoms with Crippen LogP contribution in [0.5, 0.6) is 0 Å². The van der Waals surface area contributed by atoms with Crippen LogP contribution in [0.1, 0.15) is 56.1 Å². The molecule has 4 rings (SSSR count). The van der Waals surface area contributed by atoms with E-state index in [2.05, 4.69) is 39.4 Å². The molecule has 3 aromatic rings. The van der Waals surface area contributed by atoms with E-state index in [0.29, 0.717) is 30.6 Å². The third-order valence-corrected chi connectivity index (χ3v) is 4.31.